The molecule has 0 unspecified atom stereocenters. The number of hydrogen-bond donors (Lipinski definition) is 1. The van der Waals surface area contributed by atoms with Crippen LogP contribution in [0.1, 0.15) is 18.9 Å². The number of H-pyrrole nitrogens is 1. The van der Waals surface area contributed by atoms with Crippen molar-refractivity contribution in [3.05, 3.63) is 58.4 Å². The summed E-state index contributed by atoms with van der Waals surface area (Å²) in [5, 5.41) is 0. The molecule has 0 radical (unpaired) electrons. The van der Waals surface area contributed by atoms with Crippen LogP contribution < -0.4 is 15.4 Å². The fourth-order valence-electron chi connectivity index (χ4n) is 4.20. The molecule has 0 amide bonds. The van der Waals surface area contributed by atoms with Gasteiger partial charge in [0, 0.05) is 43.5 Å². The van der Waals surface area contributed by atoms with Gasteiger partial charge in [0.15, 0.2) is 0 Å². The predicted molar refractivity (Wildman–Crippen MR) is 105 cm³/mol. The van der Waals surface area contributed by atoms with E-state index in [4.69, 9.17) is 4.74 Å². The number of aromatic amines is 1. The van der Waals surface area contributed by atoms with E-state index in [2.05, 4.69) is 58.1 Å². The number of nitrogens with zero attached hydrogens (tertiary/aromatic N) is 2. The van der Waals surface area contributed by atoms with Gasteiger partial charge in [-0.25, -0.2) is 0 Å². The predicted octanol–water partition coefficient (Wildman–Crippen LogP) is 2.67. The van der Waals surface area contributed by atoms with Crippen LogP contribution in [0.25, 0.3) is 0 Å². The molecule has 26 heavy (non-hydrogen) atoms. The van der Waals surface area contributed by atoms with Crippen LogP contribution in [0, 0.1) is 5.92 Å². The topological polar surface area (TPSA) is 48.6 Å². The standard InChI is InChI=1S/C21H27N3O2/c1-16-11-19(12-17-5-3-2-4-6-17)24(15-16)20-13-18(14-21(25)22-20)23-7-9-26-10-8-23/h2-6,13-14,16,19H,7-12,15H2,1H3,(H,22,25)/t16-,19+/m1/s1. The molecule has 0 bridgehead atoms. The van der Waals surface area contributed by atoms with Gasteiger partial charge >= 0.3 is 0 Å². The highest BCUT2D eigenvalue weighted by Gasteiger charge is 2.30. The minimum Gasteiger partial charge on any atom is -0.378 e. The number of anilines is 2. The Kier molecular flexibility index (Phi) is 4.98. The van der Waals surface area contributed by atoms with Crippen LogP contribution in [-0.4, -0.2) is 43.9 Å². The van der Waals surface area contributed by atoms with E-state index in [1.165, 1.54) is 5.56 Å². The average molecular weight is 353 g/mol. The summed E-state index contributed by atoms with van der Waals surface area (Å²) in [7, 11) is 0. The fourth-order valence-corrected chi connectivity index (χ4v) is 4.20. The summed E-state index contributed by atoms with van der Waals surface area (Å²) in [5.74, 6) is 1.57. The third kappa shape index (κ3) is 3.78. The second-order valence-corrected chi connectivity index (χ2v) is 7.52. The highest BCUT2D eigenvalue weighted by Crippen LogP contribution is 2.31. The summed E-state index contributed by atoms with van der Waals surface area (Å²) in [6.45, 7) is 6.40. The van der Waals surface area contributed by atoms with Crippen molar-refractivity contribution in [2.75, 3.05) is 42.6 Å². The maximum atomic E-state index is 12.3. The molecule has 0 spiro atoms. The Hall–Kier alpha value is -2.27. The van der Waals surface area contributed by atoms with Crippen molar-refractivity contribution in [3.8, 4) is 0 Å². The molecule has 1 aromatic carbocycles. The van der Waals surface area contributed by atoms with Gasteiger partial charge in [0.2, 0.25) is 0 Å². The first-order chi connectivity index (χ1) is 12.7. The number of morpholine rings is 1. The smallest absolute Gasteiger partial charge is 0.251 e. The molecule has 5 nitrogen and oxygen atoms in total. The van der Waals surface area contributed by atoms with E-state index < -0.39 is 0 Å². The summed E-state index contributed by atoms with van der Waals surface area (Å²) in [6, 6.07) is 14.9. The minimum absolute atomic E-state index is 0.0259. The summed E-state index contributed by atoms with van der Waals surface area (Å²) < 4.78 is 5.44. The number of hydrogen-bond acceptors (Lipinski definition) is 4. The number of pyridine rings is 1. The molecule has 1 N–H and O–H groups in total. The lowest BCUT2D eigenvalue weighted by atomic mass is 10.0. The van der Waals surface area contributed by atoms with Gasteiger partial charge in [-0.2, -0.15) is 0 Å². The molecule has 2 aromatic rings. The molecule has 2 aliphatic heterocycles. The lowest BCUT2D eigenvalue weighted by Crippen LogP contribution is -2.38. The van der Waals surface area contributed by atoms with E-state index >= 15 is 0 Å². The SMILES string of the molecule is C[C@@H]1C[C@@H](Cc2ccccc2)N(c2cc(N3CCOCC3)cc(=O)[nH]2)C1. The summed E-state index contributed by atoms with van der Waals surface area (Å²) in [4.78, 5) is 20.0. The van der Waals surface area contributed by atoms with Crippen molar-refractivity contribution < 1.29 is 4.74 Å². The number of rotatable bonds is 4. The van der Waals surface area contributed by atoms with E-state index in [0.717, 1.165) is 57.2 Å². The van der Waals surface area contributed by atoms with Gasteiger partial charge in [-0.15, -0.1) is 0 Å². The Labute approximate surface area is 154 Å². The zero-order valence-electron chi connectivity index (χ0n) is 15.4. The third-order valence-electron chi connectivity index (χ3n) is 5.44. The fraction of sp³-hybridized carbons (Fsp3) is 0.476. The minimum atomic E-state index is -0.0259. The normalized spacial score (nSPS) is 23.4. The van der Waals surface area contributed by atoms with Crippen LogP contribution in [0.2, 0.25) is 0 Å². The van der Waals surface area contributed by atoms with Crippen molar-refractivity contribution in [2.45, 2.75) is 25.8 Å². The van der Waals surface area contributed by atoms with E-state index in [0.29, 0.717) is 12.0 Å². The maximum absolute atomic E-state index is 12.3. The first-order valence-corrected chi connectivity index (χ1v) is 9.56. The van der Waals surface area contributed by atoms with Crippen molar-refractivity contribution in [1.29, 1.82) is 0 Å². The van der Waals surface area contributed by atoms with Gasteiger partial charge in [-0.1, -0.05) is 37.3 Å². The van der Waals surface area contributed by atoms with E-state index in [-0.39, 0.29) is 5.56 Å². The molecule has 1 aromatic heterocycles. The van der Waals surface area contributed by atoms with Gasteiger partial charge in [-0.05, 0) is 24.3 Å². The second-order valence-electron chi connectivity index (χ2n) is 7.52. The maximum Gasteiger partial charge on any atom is 0.251 e. The Morgan fingerprint density at radius 1 is 1.15 bits per heavy atom. The van der Waals surface area contributed by atoms with Crippen LogP contribution in [0.15, 0.2) is 47.3 Å². The second kappa shape index (κ2) is 7.54. The molecule has 0 aliphatic carbocycles. The van der Waals surface area contributed by atoms with Gasteiger partial charge in [-0.3, -0.25) is 4.79 Å². The van der Waals surface area contributed by atoms with Crippen molar-refractivity contribution in [3.63, 3.8) is 0 Å². The zero-order chi connectivity index (χ0) is 17.9. The van der Waals surface area contributed by atoms with Crippen LogP contribution in [0.3, 0.4) is 0 Å². The molecule has 4 rings (SSSR count). The van der Waals surface area contributed by atoms with Crippen LogP contribution >= 0.6 is 0 Å². The first-order valence-electron chi connectivity index (χ1n) is 9.56. The monoisotopic (exact) mass is 353 g/mol. The number of ether oxygens (including phenoxy) is 1. The Morgan fingerprint density at radius 2 is 1.92 bits per heavy atom. The third-order valence-corrected chi connectivity index (χ3v) is 5.44. The summed E-state index contributed by atoms with van der Waals surface area (Å²) in [5.41, 5.74) is 2.33. The highest BCUT2D eigenvalue weighted by atomic mass is 16.5. The first kappa shape index (κ1) is 17.2. The van der Waals surface area contributed by atoms with E-state index in [9.17, 15) is 4.79 Å². The van der Waals surface area contributed by atoms with Gasteiger partial charge in [0.1, 0.15) is 5.82 Å². The molecular weight excluding hydrogens is 326 g/mol. The molecule has 2 fully saturated rings. The number of aromatic nitrogens is 1. The van der Waals surface area contributed by atoms with Crippen LogP contribution in [0.5, 0.6) is 0 Å². The summed E-state index contributed by atoms with van der Waals surface area (Å²) >= 11 is 0. The molecular formula is C21H27N3O2. The molecule has 2 aliphatic rings. The summed E-state index contributed by atoms with van der Waals surface area (Å²) in [6.07, 6.45) is 2.16. The van der Waals surface area contributed by atoms with Crippen LogP contribution in [0.4, 0.5) is 11.5 Å². The largest absolute Gasteiger partial charge is 0.378 e. The van der Waals surface area contributed by atoms with Gasteiger partial charge in [0.25, 0.3) is 5.56 Å². The molecule has 2 atom stereocenters. The number of benzene rings is 1. The Morgan fingerprint density at radius 3 is 2.69 bits per heavy atom. The quantitative estimate of drug-likeness (QED) is 0.918. The van der Waals surface area contributed by atoms with Crippen molar-refractivity contribution in [2.24, 2.45) is 5.92 Å². The van der Waals surface area contributed by atoms with E-state index in [1.807, 2.05) is 0 Å². The molecule has 3 heterocycles. The molecule has 5 heteroatoms. The van der Waals surface area contributed by atoms with Gasteiger partial charge < -0.3 is 19.5 Å². The van der Waals surface area contributed by atoms with E-state index in [1.54, 1.807) is 6.07 Å². The zero-order valence-corrected chi connectivity index (χ0v) is 15.4. The Bertz CT molecular complexity index is 783. The average Bonchev–Trinajstić information content (AvgIpc) is 3.03. The molecule has 2 saturated heterocycles. The lowest BCUT2D eigenvalue weighted by molar-refractivity contribution is 0.122. The van der Waals surface area contributed by atoms with Crippen LogP contribution in [-0.2, 0) is 11.2 Å². The Balaban J connectivity index is 1.60. The highest BCUT2D eigenvalue weighted by molar-refractivity contribution is 5.56. The molecule has 0 saturated carbocycles. The number of nitrogens with one attached hydrogen (secondary N) is 1. The van der Waals surface area contributed by atoms with Crippen molar-refractivity contribution >= 4 is 11.5 Å². The molecule has 138 valence electrons. The van der Waals surface area contributed by atoms with Crippen molar-refractivity contribution in [1.82, 2.24) is 4.98 Å². The van der Waals surface area contributed by atoms with Gasteiger partial charge in [0.05, 0.1) is 13.2 Å². The lowest BCUT2D eigenvalue weighted by Gasteiger charge is -2.31.